The van der Waals surface area contributed by atoms with Gasteiger partial charge in [-0.05, 0) is 47.6 Å². The monoisotopic (exact) mass is 424 g/mol. The summed E-state index contributed by atoms with van der Waals surface area (Å²) in [5.74, 6) is -0.287. The summed E-state index contributed by atoms with van der Waals surface area (Å²) in [7, 11) is -3.44. The summed E-state index contributed by atoms with van der Waals surface area (Å²) in [6.07, 6.45) is 0.222. The van der Waals surface area contributed by atoms with Gasteiger partial charge >= 0.3 is 0 Å². The first kappa shape index (κ1) is 20.7. The Balaban J connectivity index is 1.57. The van der Waals surface area contributed by atoms with Gasteiger partial charge in [0.1, 0.15) is 0 Å². The molecule has 0 aliphatic rings. The van der Waals surface area contributed by atoms with E-state index in [0.717, 1.165) is 11.1 Å². The molecule has 3 aromatic rings. The van der Waals surface area contributed by atoms with Gasteiger partial charge in [-0.25, -0.2) is 8.42 Å². The van der Waals surface area contributed by atoms with Crippen molar-refractivity contribution in [3.8, 4) is 0 Å². The lowest BCUT2D eigenvalue weighted by Gasteiger charge is -2.11. The van der Waals surface area contributed by atoms with Crippen LogP contribution < -0.4 is 10.6 Å². The van der Waals surface area contributed by atoms with E-state index in [9.17, 15) is 13.2 Å². The minimum Gasteiger partial charge on any atom is -0.332 e. The molecule has 0 bridgehead atoms. The Bertz CT molecular complexity index is 1080. The summed E-state index contributed by atoms with van der Waals surface area (Å²) in [4.78, 5) is 12.3. The molecule has 3 aromatic carbocycles. The van der Waals surface area contributed by atoms with Gasteiger partial charge in [0.25, 0.3) is 0 Å². The highest BCUT2D eigenvalue weighted by Crippen LogP contribution is 2.19. The number of sulfone groups is 1. The quantitative estimate of drug-likeness (QED) is 0.590. The van der Waals surface area contributed by atoms with Crippen molar-refractivity contribution in [2.75, 3.05) is 5.32 Å². The fourth-order valence-corrected chi connectivity index (χ4v) is 4.32. The largest absolute Gasteiger partial charge is 0.332 e. The van der Waals surface area contributed by atoms with Crippen molar-refractivity contribution in [1.29, 1.82) is 0 Å². The van der Waals surface area contributed by atoms with E-state index in [0.29, 0.717) is 5.69 Å². The van der Waals surface area contributed by atoms with Gasteiger partial charge in [-0.15, -0.1) is 0 Å². The summed E-state index contributed by atoms with van der Waals surface area (Å²) in [6, 6.07) is 24.7. The van der Waals surface area contributed by atoms with Gasteiger partial charge in [0.15, 0.2) is 14.9 Å². The minimum atomic E-state index is -3.44. The highest BCUT2D eigenvalue weighted by molar-refractivity contribution is 7.90. The van der Waals surface area contributed by atoms with Gasteiger partial charge in [-0.2, -0.15) is 0 Å². The van der Waals surface area contributed by atoms with E-state index in [1.807, 2.05) is 48.5 Å². The third kappa shape index (κ3) is 6.23. The molecule has 2 N–H and O–H groups in total. The molecular formula is C22H20N2O3S2. The zero-order valence-corrected chi connectivity index (χ0v) is 17.2. The molecule has 3 rings (SSSR count). The Morgan fingerprint density at radius 2 is 1.34 bits per heavy atom. The van der Waals surface area contributed by atoms with Crippen molar-refractivity contribution >= 4 is 38.8 Å². The smallest absolute Gasteiger partial charge is 0.230 e. The zero-order chi connectivity index (χ0) is 20.7. The summed E-state index contributed by atoms with van der Waals surface area (Å²) in [5, 5.41) is 5.67. The predicted molar refractivity (Wildman–Crippen MR) is 118 cm³/mol. The molecule has 7 heteroatoms. The number of benzene rings is 3. The number of thiocarbonyl (C=S) groups is 1. The van der Waals surface area contributed by atoms with Crippen molar-refractivity contribution in [3.05, 3.63) is 96.1 Å². The molecule has 0 aliphatic carbocycles. The van der Waals surface area contributed by atoms with E-state index in [2.05, 4.69) is 10.6 Å². The normalized spacial score (nSPS) is 10.9. The molecule has 0 fully saturated rings. The third-order valence-electron chi connectivity index (χ3n) is 4.13. The van der Waals surface area contributed by atoms with E-state index in [4.69, 9.17) is 12.2 Å². The van der Waals surface area contributed by atoms with Crippen LogP contribution in [0.5, 0.6) is 0 Å². The first-order valence-corrected chi connectivity index (χ1v) is 11.0. The van der Waals surface area contributed by atoms with Crippen molar-refractivity contribution in [2.45, 2.75) is 17.1 Å². The number of hydrogen-bond donors (Lipinski definition) is 2. The molecule has 0 unspecified atom stereocenters. The number of carbonyl (C=O) groups excluding carboxylic acids is 1. The lowest BCUT2D eigenvalue weighted by atomic mass is 10.1. The number of nitrogens with one attached hydrogen (secondary N) is 2. The lowest BCUT2D eigenvalue weighted by Crippen LogP contribution is -2.35. The first-order valence-electron chi connectivity index (χ1n) is 8.94. The molecule has 0 spiro atoms. The second kappa shape index (κ2) is 9.45. The average molecular weight is 425 g/mol. The molecule has 0 atom stereocenters. The Morgan fingerprint density at radius 1 is 0.793 bits per heavy atom. The van der Waals surface area contributed by atoms with E-state index >= 15 is 0 Å². The molecule has 0 radical (unpaired) electrons. The number of carbonyl (C=O) groups is 1. The molecule has 0 heterocycles. The Hall–Kier alpha value is -3.03. The first-order chi connectivity index (χ1) is 13.9. The summed E-state index contributed by atoms with van der Waals surface area (Å²) in [5.41, 5.74) is 2.21. The van der Waals surface area contributed by atoms with Crippen LogP contribution in [0, 0.1) is 0 Å². The maximum absolute atomic E-state index is 12.6. The van der Waals surface area contributed by atoms with Crippen LogP contribution in [0.1, 0.15) is 11.1 Å². The number of anilines is 1. The second-order valence-electron chi connectivity index (χ2n) is 6.43. The van der Waals surface area contributed by atoms with Gasteiger partial charge in [0, 0.05) is 5.69 Å². The van der Waals surface area contributed by atoms with Crippen molar-refractivity contribution in [1.82, 2.24) is 5.32 Å². The molecule has 0 aromatic heterocycles. The Labute approximate surface area is 175 Å². The summed E-state index contributed by atoms with van der Waals surface area (Å²) >= 11 is 5.16. The van der Waals surface area contributed by atoms with Crippen molar-refractivity contribution < 1.29 is 13.2 Å². The highest BCUT2D eigenvalue weighted by atomic mass is 32.2. The third-order valence-corrected chi connectivity index (χ3v) is 6.04. The van der Waals surface area contributed by atoms with Crippen LogP contribution in [-0.2, 0) is 26.8 Å². The fourth-order valence-electron chi connectivity index (χ4n) is 2.74. The van der Waals surface area contributed by atoms with Gasteiger partial charge < -0.3 is 10.6 Å². The molecule has 0 aliphatic heterocycles. The maximum atomic E-state index is 12.6. The van der Waals surface area contributed by atoms with Gasteiger partial charge in [0.05, 0.1) is 17.1 Å². The molecule has 148 valence electrons. The van der Waals surface area contributed by atoms with E-state index in [1.165, 1.54) is 12.1 Å². The molecular weight excluding hydrogens is 404 g/mol. The minimum absolute atomic E-state index is 0.0609. The van der Waals surface area contributed by atoms with Gasteiger partial charge in [-0.3, -0.25) is 4.79 Å². The van der Waals surface area contributed by atoms with Crippen molar-refractivity contribution in [2.24, 2.45) is 0 Å². The van der Waals surface area contributed by atoms with E-state index < -0.39 is 9.84 Å². The predicted octanol–water partition coefficient (Wildman–Crippen LogP) is 3.72. The number of rotatable bonds is 6. The van der Waals surface area contributed by atoms with Crippen LogP contribution in [0.15, 0.2) is 89.8 Å². The number of amides is 1. The van der Waals surface area contributed by atoms with Crippen LogP contribution in [-0.4, -0.2) is 19.4 Å². The molecule has 1 amide bonds. The zero-order valence-electron chi connectivity index (χ0n) is 15.5. The van der Waals surface area contributed by atoms with E-state index in [-0.39, 0.29) is 28.1 Å². The van der Waals surface area contributed by atoms with Crippen LogP contribution >= 0.6 is 12.2 Å². The highest BCUT2D eigenvalue weighted by Gasteiger charge is 2.15. The van der Waals surface area contributed by atoms with Crippen molar-refractivity contribution in [3.63, 3.8) is 0 Å². The Kier molecular flexibility index (Phi) is 6.74. The fraction of sp³-hybridized carbons (Fsp3) is 0.0909. The molecule has 29 heavy (non-hydrogen) atoms. The van der Waals surface area contributed by atoms with Crippen LogP contribution in [0.25, 0.3) is 0 Å². The Morgan fingerprint density at radius 3 is 1.93 bits per heavy atom. The summed E-state index contributed by atoms with van der Waals surface area (Å²) < 4.78 is 25.1. The van der Waals surface area contributed by atoms with Gasteiger partial charge in [0.2, 0.25) is 5.91 Å². The molecule has 0 saturated heterocycles. The van der Waals surface area contributed by atoms with Crippen LogP contribution in [0.3, 0.4) is 0 Å². The van der Waals surface area contributed by atoms with Crippen LogP contribution in [0.2, 0.25) is 0 Å². The maximum Gasteiger partial charge on any atom is 0.230 e. The topological polar surface area (TPSA) is 75.3 Å². The van der Waals surface area contributed by atoms with Crippen LogP contribution in [0.4, 0.5) is 5.69 Å². The number of hydrogen-bond acceptors (Lipinski definition) is 4. The second-order valence-corrected chi connectivity index (χ2v) is 8.83. The standard InChI is InChI=1S/C22H20N2O3S2/c25-21(15-17-7-3-1-4-8-17)24-22(28)23-19-11-13-20(14-12-19)29(26,27)16-18-9-5-2-6-10-18/h1-14H,15-16H2,(H2,23,24,25,28). The van der Waals surface area contributed by atoms with Gasteiger partial charge in [-0.1, -0.05) is 60.7 Å². The average Bonchev–Trinajstić information content (AvgIpc) is 2.69. The molecule has 0 saturated carbocycles. The lowest BCUT2D eigenvalue weighted by molar-refractivity contribution is -0.119. The van der Waals surface area contributed by atoms with E-state index in [1.54, 1.807) is 24.3 Å². The SMILES string of the molecule is O=C(Cc1ccccc1)NC(=S)Nc1ccc(S(=O)(=O)Cc2ccccc2)cc1. The molecule has 5 nitrogen and oxygen atoms in total. The summed E-state index contributed by atoms with van der Waals surface area (Å²) in [6.45, 7) is 0.